The fourth-order valence-corrected chi connectivity index (χ4v) is 8.21. The Morgan fingerprint density at radius 1 is 0.952 bits per heavy atom. The second-order valence-corrected chi connectivity index (χ2v) is 14.6. The van der Waals surface area contributed by atoms with Crippen molar-refractivity contribution < 1.29 is 17.6 Å². The van der Waals surface area contributed by atoms with Gasteiger partial charge in [0, 0.05) is 38.1 Å². The normalized spacial score (nSPS) is 14.0. The van der Waals surface area contributed by atoms with Gasteiger partial charge in [-0.1, -0.05) is 42.5 Å². The Morgan fingerprint density at radius 3 is 2.43 bits per heavy atom. The highest BCUT2D eigenvalue weighted by Gasteiger charge is 2.30. The molecular formula is C32H30BrN3O4S2. The molecule has 2 aromatic heterocycles. The first-order valence-electron chi connectivity index (χ1n) is 13.7. The Bertz CT molecular complexity index is 1830. The minimum Gasteiger partial charge on any atom is -0.464 e. The maximum Gasteiger partial charge on any atom is 0.264 e. The molecule has 1 aliphatic heterocycles. The molecule has 0 atom stereocenters. The summed E-state index contributed by atoms with van der Waals surface area (Å²) in [6.45, 7) is 4.49. The van der Waals surface area contributed by atoms with Gasteiger partial charge in [0.25, 0.3) is 15.9 Å². The van der Waals surface area contributed by atoms with E-state index in [1.54, 1.807) is 24.5 Å². The predicted octanol–water partition coefficient (Wildman–Crippen LogP) is 6.97. The number of rotatable bonds is 8. The van der Waals surface area contributed by atoms with Crippen LogP contribution in [0.3, 0.4) is 0 Å². The molecule has 0 saturated carbocycles. The molecule has 42 heavy (non-hydrogen) atoms. The molecule has 0 spiro atoms. The standard InChI is InChI=1S/C32H30BrN3O4S2/c1-23-22-40-29-12-11-25(21-26(23)29)42(38,39)36(16-15-24-7-3-2-4-8-24)28-10-6-5-9-27(28)34-17-19-35(20-18-34)32(37)30-13-14-31(33)41-30/h2-14,21-22H,15-20H2,1H3. The zero-order chi connectivity index (χ0) is 29.3. The Balaban J connectivity index is 1.32. The summed E-state index contributed by atoms with van der Waals surface area (Å²) in [5.41, 5.74) is 4.06. The molecule has 3 heterocycles. The summed E-state index contributed by atoms with van der Waals surface area (Å²) >= 11 is 4.87. The molecule has 1 saturated heterocycles. The van der Waals surface area contributed by atoms with Gasteiger partial charge in [0.2, 0.25) is 0 Å². The Labute approximate surface area is 258 Å². The first kappa shape index (κ1) is 28.5. The number of hydrogen-bond donors (Lipinski definition) is 0. The molecule has 0 aliphatic carbocycles. The molecule has 0 N–H and O–H groups in total. The number of carbonyl (C=O) groups is 1. The molecule has 216 valence electrons. The average Bonchev–Trinajstić information content (AvgIpc) is 3.62. The van der Waals surface area contributed by atoms with Gasteiger partial charge >= 0.3 is 0 Å². The molecule has 1 aliphatic rings. The second kappa shape index (κ2) is 11.9. The topological polar surface area (TPSA) is 74.1 Å². The highest BCUT2D eigenvalue weighted by molar-refractivity contribution is 9.11. The molecule has 1 fully saturated rings. The van der Waals surface area contributed by atoms with E-state index >= 15 is 0 Å². The van der Waals surface area contributed by atoms with E-state index in [1.807, 2.05) is 78.6 Å². The van der Waals surface area contributed by atoms with Gasteiger partial charge in [-0.2, -0.15) is 0 Å². The van der Waals surface area contributed by atoms with Crippen LogP contribution in [0, 0.1) is 6.92 Å². The lowest BCUT2D eigenvalue weighted by Crippen LogP contribution is -2.49. The zero-order valence-electron chi connectivity index (χ0n) is 23.1. The van der Waals surface area contributed by atoms with Gasteiger partial charge in [0.15, 0.2) is 0 Å². The van der Waals surface area contributed by atoms with Crippen LogP contribution in [0.15, 0.2) is 104 Å². The van der Waals surface area contributed by atoms with E-state index in [2.05, 4.69) is 20.8 Å². The van der Waals surface area contributed by atoms with E-state index in [0.29, 0.717) is 48.7 Å². The van der Waals surface area contributed by atoms with Crippen LogP contribution in [0.2, 0.25) is 0 Å². The number of para-hydroxylation sites is 2. The van der Waals surface area contributed by atoms with Crippen molar-refractivity contribution in [2.24, 2.45) is 0 Å². The molecule has 5 aromatic rings. The summed E-state index contributed by atoms with van der Waals surface area (Å²) in [6, 6.07) is 26.3. The van der Waals surface area contributed by atoms with E-state index in [-0.39, 0.29) is 17.3 Å². The zero-order valence-corrected chi connectivity index (χ0v) is 26.3. The Morgan fingerprint density at radius 2 is 1.69 bits per heavy atom. The van der Waals surface area contributed by atoms with E-state index in [9.17, 15) is 13.2 Å². The number of anilines is 2. The van der Waals surface area contributed by atoms with Gasteiger partial charge in [0.05, 0.1) is 31.2 Å². The third-order valence-corrected chi connectivity index (χ3v) is 11.0. The van der Waals surface area contributed by atoms with Crippen LogP contribution in [0.25, 0.3) is 11.0 Å². The number of aryl methyl sites for hydroxylation is 1. The number of benzene rings is 3. The number of thiophene rings is 1. The minimum atomic E-state index is -3.93. The van der Waals surface area contributed by atoms with Crippen molar-refractivity contribution in [1.29, 1.82) is 0 Å². The maximum atomic E-state index is 14.4. The minimum absolute atomic E-state index is 0.0237. The molecule has 3 aromatic carbocycles. The molecule has 0 unspecified atom stereocenters. The van der Waals surface area contributed by atoms with Crippen LogP contribution >= 0.6 is 27.3 Å². The van der Waals surface area contributed by atoms with Gasteiger partial charge in [-0.3, -0.25) is 9.10 Å². The molecule has 10 heteroatoms. The lowest BCUT2D eigenvalue weighted by molar-refractivity contribution is 0.0751. The van der Waals surface area contributed by atoms with Crippen LogP contribution in [-0.4, -0.2) is 51.9 Å². The van der Waals surface area contributed by atoms with Gasteiger partial charge in [-0.15, -0.1) is 11.3 Å². The molecular weight excluding hydrogens is 634 g/mol. The highest BCUT2D eigenvalue weighted by atomic mass is 79.9. The average molecular weight is 665 g/mol. The smallest absolute Gasteiger partial charge is 0.264 e. The fraction of sp³-hybridized carbons (Fsp3) is 0.219. The summed E-state index contributed by atoms with van der Waals surface area (Å²) in [6.07, 6.45) is 2.20. The van der Waals surface area contributed by atoms with Gasteiger partial charge in [-0.05, 0) is 82.9 Å². The van der Waals surface area contributed by atoms with Crippen molar-refractivity contribution in [2.45, 2.75) is 18.2 Å². The Hall–Kier alpha value is -3.60. The second-order valence-electron chi connectivity index (χ2n) is 10.3. The maximum absolute atomic E-state index is 14.4. The first-order chi connectivity index (χ1) is 20.3. The van der Waals surface area contributed by atoms with E-state index in [1.165, 1.54) is 15.6 Å². The lowest BCUT2D eigenvalue weighted by Gasteiger charge is -2.38. The van der Waals surface area contributed by atoms with E-state index in [0.717, 1.165) is 26.0 Å². The van der Waals surface area contributed by atoms with Crippen LogP contribution in [-0.2, 0) is 16.4 Å². The number of amides is 1. The fourth-order valence-electron chi connectivity index (χ4n) is 5.35. The number of fused-ring (bicyclic) bond motifs is 1. The molecule has 0 bridgehead atoms. The first-order valence-corrected chi connectivity index (χ1v) is 16.8. The van der Waals surface area contributed by atoms with Crippen LogP contribution in [0.1, 0.15) is 20.8 Å². The summed E-state index contributed by atoms with van der Waals surface area (Å²) in [5, 5.41) is 0.783. The molecule has 1 amide bonds. The number of hydrogen-bond acceptors (Lipinski definition) is 6. The van der Waals surface area contributed by atoms with Crippen molar-refractivity contribution in [3.05, 3.63) is 111 Å². The number of carbonyl (C=O) groups excluding carboxylic acids is 1. The molecule has 0 radical (unpaired) electrons. The van der Waals surface area contributed by atoms with E-state index < -0.39 is 10.0 Å². The third-order valence-electron chi connectivity index (χ3n) is 7.61. The van der Waals surface area contributed by atoms with Gasteiger partial charge in [0.1, 0.15) is 5.58 Å². The predicted molar refractivity (Wildman–Crippen MR) is 172 cm³/mol. The number of piperazine rings is 1. The summed E-state index contributed by atoms with van der Waals surface area (Å²) < 4.78 is 36.8. The summed E-state index contributed by atoms with van der Waals surface area (Å²) in [4.78, 5) is 18.0. The largest absolute Gasteiger partial charge is 0.464 e. The van der Waals surface area contributed by atoms with Crippen molar-refractivity contribution >= 4 is 65.5 Å². The molecule has 6 rings (SSSR count). The van der Waals surface area contributed by atoms with Gasteiger partial charge < -0.3 is 14.2 Å². The van der Waals surface area contributed by atoms with Crippen molar-refractivity contribution in [3.63, 3.8) is 0 Å². The van der Waals surface area contributed by atoms with Gasteiger partial charge in [-0.25, -0.2) is 8.42 Å². The molecule has 7 nitrogen and oxygen atoms in total. The number of nitrogens with zero attached hydrogens (tertiary/aromatic N) is 3. The third kappa shape index (κ3) is 5.71. The summed E-state index contributed by atoms with van der Waals surface area (Å²) in [7, 11) is -3.93. The number of halogens is 1. The SMILES string of the molecule is Cc1coc2ccc(S(=O)(=O)N(CCc3ccccc3)c3ccccc3N3CCN(C(=O)c4ccc(Br)s4)CC3)cc12. The highest BCUT2D eigenvalue weighted by Crippen LogP contribution is 2.35. The van der Waals surface area contributed by atoms with Crippen molar-refractivity contribution in [2.75, 3.05) is 41.9 Å². The quantitative estimate of drug-likeness (QED) is 0.179. The lowest BCUT2D eigenvalue weighted by atomic mass is 10.1. The Kier molecular flexibility index (Phi) is 8.11. The van der Waals surface area contributed by atoms with Crippen molar-refractivity contribution in [3.8, 4) is 0 Å². The van der Waals surface area contributed by atoms with Crippen LogP contribution in [0.4, 0.5) is 11.4 Å². The monoisotopic (exact) mass is 663 g/mol. The van der Waals surface area contributed by atoms with E-state index in [4.69, 9.17) is 4.42 Å². The number of furan rings is 1. The van der Waals surface area contributed by atoms with Crippen LogP contribution < -0.4 is 9.21 Å². The van der Waals surface area contributed by atoms with Crippen molar-refractivity contribution in [1.82, 2.24) is 4.90 Å². The number of sulfonamides is 1. The van der Waals surface area contributed by atoms with Crippen LogP contribution in [0.5, 0.6) is 0 Å². The summed E-state index contributed by atoms with van der Waals surface area (Å²) in [5.74, 6) is 0.0237.